The molecule has 1 aliphatic carbocycles. The lowest BCUT2D eigenvalue weighted by Gasteiger charge is -2.16. The van der Waals surface area contributed by atoms with Gasteiger partial charge in [0, 0.05) is 6.42 Å². The van der Waals surface area contributed by atoms with Gasteiger partial charge >= 0.3 is 0 Å². The average Bonchev–Trinajstić information content (AvgIpc) is 2.55. The summed E-state index contributed by atoms with van der Waals surface area (Å²) >= 11 is 0. The van der Waals surface area contributed by atoms with Gasteiger partial charge in [-0.05, 0) is 41.0 Å². The van der Waals surface area contributed by atoms with Crippen LogP contribution < -0.4 is 0 Å². The van der Waals surface area contributed by atoms with Crippen LogP contribution in [0.2, 0.25) is 0 Å². The van der Waals surface area contributed by atoms with E-state index >= 15 is 0 Å². The maximum Gasteiger partial charge on any atom is 0.0161 e. The van der Waals surface area contributed by atoms with E-state index in [2.05, 4.69) is 59.2 Å². The minimum absolute atomic E-state index is 0.600. The van der Waals surface area contributed by atoms with Crippen LogP contribution >= 0.6 is 0 Å². The molecule has 0 aliphatic heterocycles. The molecule has 0 spiro atoms. The van der Waals surface area contributed by atoms with E-state index in [9.17, 15) is 0 Å². The molecule has 0 atom stereocenters. The lowest BCUT2D eigenvalue weighted by molar-refractivity contribution is 0.830. The van der Waals surface area contributed by atoms with E-state index in [-0.39, 0.29) is 0 Å². The molecule has 0 unspecified atom stereocenters. The predicted octanol–water partition coefficient (Wildman–Crippen LogP) is 4.90. The molecule has 1 aromatic rings. The van der Waals surface area contributed by atoms with E-state index in [1.807, 2.05) is 0 Å². The molecule has 0 bridgehead atoms. The molecule has 1 radical (unpaired) electrons. The van der Waals surface area contributed by atoms with Gasteiger partial charge in [-0.2, -0.15) is 0 Å². The van der Waals surface area contributed by atoms with E-state index in [0.29, 0.717) is 11.8 Å². The van der Waals surface area contributed by atoms with Crippen LogP contribution in [0.3, 0.4) is 0 Å². The molecule has 0 saturated carbocycles. The summed E-state index contributed by atoms with van der Waals surface area (Å²) in [7, 11) is 0. The molecule has 0 N–H and O–H groups in total. The van der Waals surface area contributed by atoms with Crippen molar-refractivity contribution in [2.24, 2.45) is 0 Å². The number of fused-ring (bicyclic) bond motifs is 1. The normalized spacial score (nSPS) is 14.6. The smallest absolute Gasteiger partial charge is 0.0161 e. The molecule has 85 valence electrons. The lowest BCUT2D eigenvalue weighted by Crippen LogP contribution is -1.98. The lowest BCUT2D eigenvalue weighted by atomic mass is 9.89. The second-order valence-electron chi connectivity index (χ2n) is 5.46. The van der Waals surface area contributed by atoms with Gasteiger partial charge in [0.15, 0.2) is 0 Å². The molecule has 0 nitrogen and oxygen atoms in total. The first-order valence-corrected chi connectivity index (χ1v) is 6.20. The van der Waals surface area contributed by atoms with E-state index in [0.717, 1.165) is 0 Å². The highest BCUT2D eigenvalue weighted by Crippen LogP contribution is 2.35. The average molecular weight is 213 g/mol. The maximum atomic E-state index is 2.39. The topological polar surface area (TPSA) is 0 Å². The Labute approximate surface area is 99.4 Å². The fraction of sp³-hybridized carbons (Fsp3) is 0.438. The van der Waals surface area contributed by atoms with Crippen molar-refractivity contribution in [3.05, 3.63) is 46.4 Å². The maximum absolute atomic E-state index is 2.39. The fourth-order valence-corrected chi connectivity index (χ4v) is 2.33. The highest BCUT2D eigenvalue weighted by atomic mass is 14.2. The Morgan fingerprint density at radius 1 is 0.938 bits per heavy atom. The van der Waals surface area contributed by atoms with Gasteiger partial charge in [-0.3, -0.25) is 0 Å². The quantitative estimate of drug-likeness (QED) is 0.655. The van der Waals surface area contributed by atoms with E-state index < -0.39 is 0 Å². The molecule has 1 aromatic carbocycles. The Balaban J connectivity index is 2.57. The summed E-state index contributed by atoms with van der Waals surface area (Å²) in [6.07, 6.45) is 4.61. The van der Waals surface area contributed by atoms with Crippen molar-refractivity contribution < 1.29 is 0 Å². The summed E-state index contributed by atoms with van der Waals surface area (Å²) in [5.41, 5.74) is 7.18. The van der Waals surface area contributed by atoms with E-state index in [1.54, 1.807) is 0 Å². The molecule has 0 heterocycles. The first-order valence-electron chi connectivity index (χ1n) is 6.20. The van der Waals surface area contributed by atoms with Gasteiger partial charge in [-0.1, -0.05) is 51.5 Å². The SMILES string of the molecule is CC1=Cc2c(cc(C(C)C)cc2C(C)C)[CH]1. The standard InChI is InChI=1S/C16H21/c1-10(2)13-8-14-6-12(5)7-16(14)15(9-13)11(3)4/h6-11H,1-5H3. The zero-order chi connectivity index (χ0) is 11.9. The Hall–Kier alpha value is -1.04. The highest BCUT2D eigenvalue weighted by molar-refractivity contribution is 5.72. The Kier molecular flexibility index (Phi) is 2.92. The minimum atomic E-state index is 0.600. The van der Waals surface area contributed by atoms with Gasteiger partial charge in [0.05, 0.1) is 0 Å². The van der Waals surface area contributed by atoms with Crippen molar-refractivity contribution in [3.8, 4) is 0 Å². The van der Waals surface area contributed by atoms with Crippen LogP contribution in [0.25, 0.3) is 6.08 Å². The highest BCUT2D eigenvalue weighted by Gasteiger charge is 2.17. The Morgan fingerprint density at radius 2 is 1.62 bits per heavy atom. The fourth-order valence-electron chi connectivity index (χ4n) is 2.33. The first kappa shape index (κ1) is 11.4. The largest absolute Gasteiger partial charge is 0.0642 e. The zero-order valence-electron chi connectivity index (χ0n) is 11.0. The second-order valence-corrected chi connectivity index (χ2v) is 5.46. The summed E-state index contributed by atoms with van der Waals surface area (Å²) in [5, 5.41) is 0. The summed E-state index contributed by atoms with van der Waals surface area (Å²) in [4.78, 5) is 0. The number of benzene rings is 1. The zero-order valence-corrected chi connectivity index (χ0v) is 11.0. The molecular formula is C16H21. The summed E-state index contributed by atoms with van der Waals surface area (Å²) in [6, 6.07) is 4.73. The van der Waals surface area contributed by atoms with E-state index in [1.165, 1.54) is 27.8 Å². The van der Waals surface area contributed by atoms with Crippen molar-refractivity contribution in [1.29, 1.82) is 0 Å². The van der Waals surface area contributed by atoms with E-state index in [4.69, 9.17) is 0 Å². The Bertz CT molecular complexity index is 434. The van der Waals surface area contributed by atoms with Gasteiger partial charge in [0.1, 0.15) is 0 Å². The van der Waals surface area contributed by atoms with Crippen molar-refractivity contribution in [3.63, 3.8) is 0 Å². The number of hydrogen-bond donors (Lipinski definition) is 0. The van der Waals surface area contributed by atoms with Gasteiger partial charge in [0.25, 0.3) is 0 Å². The summed E-state index contributed by atoms with van der Waals surface area (Å²) in [5.74, 6) is 1.21. The Morgan fingerprint density at radius 3 is 2.19 bits per heavy atom. The predicted molar refractivity (Wildman–Crippen MR) is 71.7 cm³/mol. The summed E-state index contributed by atoms with van der Waals surface area (Å²) < 4.78 is 0. The van der Waals surface area contributed by atoms with Crippen molar-refractivity contribution in [1.82, 2.24) is 0 Å². The van der Waals surface area contributed by atoms with Crippen molar-refractivity contribution in [2.75, 3.05) is 0 Å². The molecule has 0 heteroatoms. The molecule has 0 saturated heterocycles. The third-order valence-electron chi connectivity index (χ3n) is 3.31. The van der Waals surface area contributed by atoms with Crippen LogP contribution in [0, 0.1) is 6.42 Å². The van der Waals surface area contributed by atoms with Crippen molar-refractivity contribution >= 4 is 6.08 Å². The van der Waals surface area contributed by atoms with Gasteiger partial charge in [-0.25, -0.2) is 0 Å². The number of allylic oxidation sites excluding steroid dienone is 1. The van der Waals surface area contributed by atoms with Gasteiger partial charge in [-0.15, -0.1) is 0 Å². The third kappa shape index (κ3) is 1.93. The van der Waals surface area contributed by atoms with Crippen LogP contribution in [0.1, 0.15) is 68.7 Å². The molecule has 0 aromatic heterocycles. The third-order valence-corrected chi connectivity index (χ3v) is 3.31. The van der Waals surface area contributed by atoms with Crippen LogP contribution in [-0.2, 0) is 0 Å². The molecule has 0 fully saturated rings. The van der Waals surface area contributed by atoms with Crippen LogP contribution in [0.15, 0.2) is 17.7 Å². The molecule has 1 aliphatic rings. The van der Waals surface area contributed by atoms with Crippen LogP contribution in [-0.4, -0.2) is 0 Å². The first-order chi connectivity index (χ1) is 7.49. The molecule has 0 amide bonds. The second kappa shape index (κ2) is 4.08. The van der Waals surface area contributed by atoms with Crippen molar-refractivity contribution in [2.45, 2.75) is 46.5 Å². The number of rotatable bonds is 2. The molecular weight excluding hydrogens is 192 g/mol. The minimum Gasteiger partial charge on any atom is -0.0642 e. The number of hydrogen-bond acceptors (Lipinski definition) is 0. The van der Waals surface area contributed by atoms with Gasteiger partial charge in [0.2, 0.25) is 0 Å². The van der Waals surface area contributed by atoms with Crippen LogP contribution in [0.4, 0.5) is 0 Å². The van der Waals surface area contributed by atoms with Crippen LogP contribution in [0.5, 0.6) is 0 Å². The molecule has 16 heavy (non-hydrogen) atoms. The molecule has 2 rings (SSSR count). The summed E-state index contributed by atoms with van der Waals surface area (Å²) in [6.45, 7) is 11.3. The van der Waals surface area contributed by atoms with Gasteiger partial charge < -0.3 is 0 Å². The monoisotopic (exact) mass is 213 g/mol.